The van der Waals surface area contributed by atoms with Gasteiger partial charge in [0.05, 0.1) is 7.06 Å². The third-order valence-electron chi connectivity index (χ3n) is 1.36. The lowest BCUT2D eigenvalue weighted by Gasteiger charge is -2.05. The van der Waals surface area contributed by atoms with Gasteiger partial charge in [-0.1, -0.05) is 0 Å². The van der Waals surface area contributed by atoms with Crippen LogP contribution in [-0.4, -0.2) is 16.5 Å². The van der Waals surface area contributed by atoms with Gasteiger partial charge in [-0.3, -0.25) is 4.79 Å². The molecule has 1 heterocycles. The van der Waals surface area contributed by atoms with Crippen molar-refractivity contribution in [3.63, 3.8) is 0 Å². The van der Waals surface area contributed by atoms with E-state index in [1.807, 2.05) is 0 Å². The van der Waals surface area contributed by atoms with Crippen molar-refractivity contribution in [2.45, 2.75) is 6.18 Å². The molecule has 0 radical (unpaired) electrons. The normalized spacial score (nSPS) is 12.8. The summed E-state index contributed by atoms with van der Waals surface area (Å²) in [6, 6.07) is 0.769. The van der Waals surface area contributed by atoms with Crippen molar-refractivity contribution in [3.05, 3.63) is 24.0 Å². The lowest BCUT2D eigenvalue weighted by atomic mass is 10.3. The molecule has 0 saturated heterocycles. The van der Waals surface area contributed by atoms with Crippen LogP contribution in [0.3, 0.4) is 0 Å². The quantitative estimate of drug-likeness (QED) is 0.600. The fourth-order valence-corrected chi connectivity index (χ4v) is 0.770. The number of aromatic nitrogens is 1. The lowest BCUT2D eigenvalue weighted by molar-refractivity contribution is -0.0890. The fourth-order valence-electron chi connectivity index (χ4n) is 0.770. The third kappa shape index (κ3) is 1.49. The highest BCUT2D eigenvalue weighted by atomic mass is 19.4. The Morgan fingerprint density at radius 1 is 1.67 bits per heavy atom. The highest BCUT2D eigenvalue weighted by molar-refractivity contribution is 5.98. The molecule has 12 heavy (non-hydrogen) atoms. The minimum Gasteiger partial charge on any atom is -0.348 e. The predicted molar refractivity (Wildman–Crippen MR) is 35.8 cm³/mol. The summed E-state index contributed by atoms with van der Waals surface area (Å²) < 4.78 is 43.7. The SMILES string of the molecule is [2H]c1cc(C(=O)C(F)(F)F)n(C)c1. The first-order chi connectivity index (χ1) is 5.82. The molecular weight excluding hydrogens is 171 g/mol. The zero-order chi connectivity index (χ0) is 10.2. The number of nitrogens with zero attached hydrogens (tertiary/aromatic N) is 1. The second-order valence-electron chi connectivity index (χ2n) is 2.26. The summed E-state index contributed by atoms with van der Waals surface area (Å²) in [7, 11) is 1.29. The molecule has 0 spiro atoms. The van der Waals surface area contributed by atoms with Crippen molar-refractivity contribution in [2.24, 2.45) is 7.05 Å². The van der Waals surface area contributed by atoms with E-state index >= 15 is 0 Å². The fraction of sp³-hybridized carbons (Fsp3) is 0.286. The number of aryl methyl sites for hydroxylation is 1. The maximum atomic E-state index is 11.9. The van der Waals surface area contributed by atoms with Crippen LogP contribution in [-0.2, 0) is 7.05 Å². The van der Waals surface area contributed by atoms with Crippen LogP contribution in [0.1, 0.15) is 11.9 Å². The first-order valence-electron chi connectivity index (χ1n) is 3.57. The number of halogens is 3. The van der Waals surface area contributed by atoms with Gasteiger partial charge in [-0.05, 0) is 12.1 Å². The Bertz CT molecular complexity index is 342. The predicted octanol–water partition coefficient (Wildman–Crippen LogP) is 1.77. The Labute approximate surface area is 68.0 Å². The van der Waals surface area contributed by atoms with Gasteiger partial charge in [-0.2, -0.15) is 13.2 Å². The monoisotopic (exact) mass is 178 g/mol. The molecule has 0 atom stereocenters. The molecule has 0 amide bonds. The first-order valence-corrected chi connectivity index (χ1v) is 3.07. The summed E-state index contributed by atoms with van der Waals surface area (Å²) in [5.41, 5.74) is -0.516. The molecule has 0 unspecified atom stereocenters. The van der Waals surface area contributed by atoms with E-state index in [1.165, 1.54) is 7.05 Å². The maximum absolute atomic E-state index is 11.9. The molecule has 1 rings (SSSR count). The molecular formula is C7H6F3NO. The van der Waals surface area contributed by atoms with Gasteiger partial charge < -0.3 is 4.57 Å². The molecule has 0 saturated carbocycles. The van der Waals surface area contributed by atoms with E-state index in [0.717, 1.165) is 16.8 Å². The van der Waals surface area contributed by atoms with Crippen molar-refractivity contribution in [1.82, 2.24) is 4.57 Å². The van der Waals surface area contributed by atoms with Crippen molar-refractivity contribution < 1.29 is 19.3 Å². The number of hydrogen-bond donors (Lipinski definition) is 0. The highest BCUT2D eigenvalue weighted by Crippen LogP contribution is 2.20. The second-order valence-corrected chi connectivity index (χ2v) is 2.26. The van der Waals surface area contributed by atoms with Crippen molar-refractivity contribution in [1.29, 1.82) is 0 Å². The molecule has 5 heteroatoms. The number of ketones is 1. The van der Waals surface area contributed by atoms with Crippen LogP contribution >= 0.6 is 0 Å². The minimum absolute atomic E-state index is 0.116. The van der Waals surface area contributed by atoms with Crippen LogP contribution in [0.5, 0.6) is 0 Å². The van der Waals surface area contributed by atoms with E-state index in [9.17, 15) is 18.0 Å². The van der Waals surface area contributed by atoms with E-state index in [4.69, 9.17) is 1.37 Å². The Kier molecular flexibility index (Phi) is 1.64. The largest absolute Gasteiger partial charge is 0.456 e. The Balaban J connectivity index is 3.09. The van der Waals surface area contributed by atoms with Crippen molar-refractivity contribution >= 4 is 5.78 Å². The average molecular weight is 178 g/mol. The topological polar surface area (TPSA) is 22.0 Å². The molecule has 0 fully saturated rings. The number of carbonyl (C=O) groups excluding carboxylic acids is 1. The van der Waals surface area contributed by atoms with Crippen LogP contribution in [0.25, 0.3) is 0 Å². The van der Waals surface area contributed by atoms with Crippen LogP contribution in [0.4, 0.5) is 13.2 Å². The Morgan fingerprint density at radius 3 is 2.58 bits per heavy atom. The summed E-state index contributed by atoms with van der Waals surface area (Å²) in [5.74, 6) is -1.92. The van der Waals surface area contributed by atoms with Gasteiger partial charge >= 0.3 is 6.18 Å². The van der Waals surface area contributed by atoms with Gasteiger partial charge in [0, 0.05) is 13.2 Å². The van der Waals surface area contributed by atoms with Gasteiger partial charge in [0.2, 0.25) is 0 Å². The smallest absolute Gasteiger partial charge is 0.348 e. The van der Waals surface area contributed by atoms with E-state index in [0.29, 0.717) is 0 Å². The second kappa shape index (κ2) is 2.66. The summed E-state index contributed by atoms with van der Waals surface area (Å²) in [6.07, 6.45) is -3.74. The third-order valence-corrected chi connectivity index (χ3v) is 1.36. The molecule has 0 N–H and O–H groups in total. The van der Waals surface area contributed by atoms with Crippen LogP contribution in [0.15, 0.2) is 18.3 Å². The summed E-state index contributed by atoms with van der Waals surface area (Å²) in [4.78, 5) is 10.7. The zero-order valence-corrected chi connectivity index (χ0v) is 6.14. The number of carbonyl (C=O) groups is 1. The number of Topliss-reactive ketones (excluding diaryl/α,β-unsaturated/α-hetero) is 1. The van der Waals surface area contributed by atoms with Gasteiger partial charge in [-0.25, -0.2) is 0 Å². The van der Waals surface area contributed by atoms with Gasteiger partial charge in [-0.15, -0.1) is 0 Å². The molecule has 66 valence electrons. The molecule has 0 aliphatic heterocycles. The number of alkyl halides is 3. The molecule has 0 aromatic carbocycles. The lowest BCUT2D eigenvalue weighted by Crippen LogP contribution is -2.24. The van der Waals surface area contributed by atoms with Crippen LogP contribution in [0, 0.1) is 0 Å². The first kappa shape index (κ1) is 7.39. The molecule has 2 nitrogen and oxygen atoms in total. The van der Waals surface area contributed by atoms with Gasteiger partial charge in [0.25, 0.3) is 5.78 Å². The average Bonchev–Trinajstić information content (AvgIpc) is 2.26. The van der Waals surface area contributed by atoms with Crippen molar-refractivity contribution in [3.8, 4) is 0 Å². The Morgan fingerprint density at radius 2 is 2.25 bits per heavy atom. The number of rotatable bonds is 1. The van der Waals surface area contributed by atoms with Gasteiger partial charge in [0.1, 0.15) is 0 Å². The van der Waals surface area contributed by atoms with Gasteiger partial charge in [0.15, 0.2) is 0 Å². The maximum Gasteiger partial charge on any atom is 0.456 e. The molecule has 0 aliphatic rings. The zero-order valence-electron chi connectivity index (χ0n) is 7.14. The molecule has 0 bridgehead atoms. The molecule has 1 aromatic heterocycles. The standard InChI is InChI=1S/C7H6F3NO/c1-11-4-2-3-5(11)6(12)7(8,9)10/h2-4H,1H3/i2D. The summed E-state index contributed by atoms with van der Waals surface area (Å²) in [6.45, 7) is 0. The van der Waals surface area contributed by atoms with E-state index in [-0.39, 0.29) is 6.04 Å². The van der Waals surface area contributed by atoms with Crippen LogP contribution in [0.2, 0.25) is 0 Å². The minimum atomic E-state index is -4.88. The molecule has 1 aromatic rings. The summed E-state index contributed by atoms with van der Waals surface area (Å²) in [5, 5.41) is 0. The number of hydrogen-bond acceptors (Lipinski definition) is 1. The van der Waals surface area contributed by atoms with E-state index < -0.39 is 17.7 Å². The van der Waals surface area contributed by atoms with Crippen LogP contribution < -0.4 is 0 Å². The Hall–Kier alpha value is -1.26. The highest BCUT2D eigenvalue weighted by Gasteiger charge is 2.40. The van der Waals surface area contributed by atoms with E-state index in [2.05, 4.69) is 0 Å². The van der Waals surface area contributed by atoms with Crippen molar-refractivity contribution in [2.75, 3.05) is 0 Å². The van der Waals surface area contributed by atoms with E-state index in [1.54, 1.807) is 0 Å². The molecule has 0 aliphatic carbocycles. The summed E-state index contributed by atoms with van der Waals surface area (Å²) >= 11 is 0.